The Bertz CT molecular complexity index is 1360. The molecule has 36 heavy (non-hydrogen) atoms. The first-order chi connectivity index (χ1) is 17.6. The molecule has 0 radical (unpaired) electrons. The summed E-state index contributed by atoms with van der Waals surface area (Å²) in [5.41, 5.74) is 6.48. The minimum atomic E-state index is -0.451. The second kappa shape index (κ2) is 12.3. The number of hydrogen-bond acceptors (Lipinski definition) is 5. The molecular formula is C28H25N3O4S. The largest absolute Gasteiger partial charge is 0.493 e. The number of nitrogens with one attached hydrogen (secondary N) is 3. The minimum Gasteiger partial charge on any atom is -0.493 e. The summed E-state index contributed by atoms with van der Waals surface area (Å²) >= 11 is 5.12. The highest BCUT2D eigenvalue weighted by Crippen LogP contribution is 2.24. The summed E-state index contributed by atoms with van der Waals surface area (Å²) in [6, 6.07) is 30.2. The van der Waals surface area contributed by atoms with Crippen molar-refractivity contribution >= 4 is 39.9 Å². The molecule has 0 unspecified atom stereocenters. The van der Waals surface area contributed by atoms with Gasteiger partial charge < -0.3 is 9.47 Å². The molecule has 3 N–H and O–H groups in total. The fourth-order valence-corrected chi connectivity index (χ4v) is 3.64. The summed E-state index contributed by atoms with van der Waals surface area (Å²) < 4.78 is 11.4. The van der Waals surface area contributed by atoms with Crippen molar-refractivity contribution in [2.45, 2.75) is 6.42 Å². The maximum atomic E-state index is 12.6. The van der Waals surface area contributed by atoms with E-state index in [1.807, 2.05) is 66.7 Å². The Kier molecular flexibility index (Phi) is 8.45. The van der Waals surface area contributed by atoms with Crippen LogP contribution in [-0.2, 0) is 11.2 Å². The molecule has 0 atom stereocenters. The number of hydrazine groups is 1. The molecule has 0 heterocycles. The van der Waals surface area contributed by atoms with Gasteiger partial charge >= 0.3 is 0 Å². The standard InChI is InChI=1S/C28H25N3O4S/c32-26(19-35-25-15-7-11-21-10-4-5-14-24(21)25)30-31-28(36)29-27(33)22-12-6-13-23(18-22)34-17-16-20-8-2-1-3-9-20/h1-15,18H,16-17,19H2,(H,30,32)(H2,29,31,33,36). The lowest BCUT2D eigenvalue weighted by atomic mass is 10.1. The Morgan fingerprint density at radius 3 is 2.39 bits per heavy atom. The van der Waals surface area contributed by atoms with Crippen molar-refractivity contribution in [3.63, 3.8) is 0 Å². The zero-order valence-electron chi connectivity index (χ0n) is 19.4. The van der Waals surface area contributed by atoms with Gasteiger partial charge in [-0.15, -0.1) is 0 Å². The predicted molar refractivity (Wildman–Crippen MR) is 143 cm³/mol. The highest BCUT2D eigenvalue weighted by Gasteiger charge is 2.11. The average molecular weight is 500 g/mol. The molecule has 0 aromatic heterocycles. The Hall–Kier alpha value is -4.43. The van der Waals surface area contributed by atoms with E-state index >= 15 is 0 Å². The molecule has 4 aromatic carbocycles. The van der Waals surface area contributed by atoms with Crippen molar-refractivity contribution in [3.8, 4) is 11.5 Å². The zero-order valence-corrected chi connectivity index (χ0v) is 20.2. The van der Waals surface area contributed by atoms with Crippen molar-refractivity contribution < 1.29 is 19.1 Å². The molecule has 8 heteroatoms. The lowest BCUT2D eigenvalue weighted by Crippen LogP contribution is -2.49. The molecule has 4 aromatic rings. The van der Waals surface area contributed by atoms with Crippen LogP contribution >= 0.6 is 12.2 Å². The molecule has 4 rings (SSSR count). The van der Waals surface area contributed by atoms with Gasteiger partial charge in [0.1, 0.15) is 11.5 Å². The van der Waals surface area contributed by atoms with Crippen molar-refractivity contribution in [3.05, 3.63) is 108 Å². The van der Waals surface area contributed by atoms with Gasteiger partial charge in [0.25, 0.3) is 11.8 Å². The highest BCUT2D eigenvalue weighted by molar-refractivity contribution is 7.80. The monoisotopic (exact) mass is 499 g/mol. The number of rotatable bonds is 8. The molecule has 0 aliphatic carbocycles. The fourth-order valence-electron chi connectivity index (χ4n) is 3.49. The van der Waals surface area contributed by atoms with Crippen molar-refractivity contribution in [1.82, 2.24) is 16.2 Å². The van der Waals surface area contributed by atoms with Crippen molar-refractivity contribution in [2.24, 2.45) is 0 Å². The first-order valence-corrected chi connectivity index (χ1v) is 11.8. The molecule has 0 saturated heterocycles. The van der Waals surface area contributed by atoms with Gasteiger partial charge in [-0.1, -0.05) is 72.8 Å². The van der Waals surface area contributed by atoms with Crippen LogP contribution < -0.4 is 25.6 Å². The molecule has 7 nitrogen and oxygen atoms in total. The molecular weight excluding hydrogens is 474 g/mol. The first-order valence-electron chi connectivity index (χ1n) is 11.4. The van der Waals surface area contributed by atoms with Crippen LogP contribution in [0.25, 0.3) is 10.8 Å². The van der Waals surface area contributed by atoms with Crippen molar-refractivity contribution in [2.75, 3.05) is 13.2 Å². The highest BCUT2D eigenvalue weighted by atomic mass is 32.1. The maximum absolute atomic E-state index is 12.6. The van der Waals surface area contributed by atoms with E-state index < -0.39 is 11.8 Å². The summed E-state index contributed by atoms with van der Waals surface area (Å²) in [5.74, 6) is 0.303. The average Bonchev–Trinajstić information content (AvgIpc) is 2.91. The number of carbonyl (C=O) groups is 2. The van der Waals surface area contributed by atoms with Gasteiger partial charge in [-0.25, -0.2) is 0 Å². The normalized spacial score (nSPS) is 10.3. The van der Waals surface area contributed by atoms with Gasteiger partial charge in [0, 0.05) is 17.4 Å². The Morgan fingerprint density at radius 2 is 1.53 bits per heavy atom. The van der Waals surface area contributed by atoms with Crippen LogP contribution in [0.3, 0.4) is 0 Å². The number of thiocarbonyl (C=S) groups is 1. The van der Waals surface area contributed by atoms with E-state index in [0.717, 1.165) is 17.2 Å². The number of fused-ring (bicyclic) bond motifs is 1. The number of ether oxygens (including phenoxy) is 2. The summed E-state index contributed by atoms with van der Waals surface area (Å²) in [7, 11) is 0. The third-order valence-electron chi connectivity index (χ3n) is 5.25. The van der Waals surface area contributed by atoms with E-state index in [1.54, 1.807) is 30.3 Å². The number of benzene rings is 4. The van der Waals surface area contributed by atoms with Crippen LogP contribution in [0, 0.1) is 0 Å². The van der Waals surface area contributed by atoms with Crippen molar-refractivity contribution in [1.29, 1.82) is 0 Å². The van der Waals surface area contributed by atoms with Crippen LogP contribution in [0.4, 0.5) is 0 Å². The lowest BCUT2D eigenvalue weighted by Gasteiger charge is -2.13. The Morgan fingerprint density at radius 1 is 0.778 bits per heavy atom. The molecule has 0 aliphatic rings. The second-order valence-electron chi connectivity index (χ2n) is 7.83. The van der Waals surface area contributed by atoms with E-state index in [1.165, 1.54) is 5.56 Å². The van der Waals surface area contributed by atoms with Crippen LogP contribution in [0.15, 0.2) is 97.1 Å². The molecule has 0 spiro atoms. The number of hydrogen-bond donors (Lipinski definition) is 3. The van der Waals surface area contributed by atoms with Gasteiger partial charge in [-0.05, 0) is 47.4 Å². The van der Waals surface area contributed by atoms with E-state index in [0.29, 0.717) is 23.7 Å². The second-order valence-corrected chi connectivity index (χ2v) is 8.24. The fraction of sp³-hybridized carbons (Fsp3) is 0.107. The molecule has 182 valence electrons. The van der Waals surface area contributed by atoms with E-state index in [9.17, 15) is 9.59 Å². The van der Waals surface area contributed by atoms with Gasteiger partial charge in [-0.3, -0.25) is 25.8 Å². The molecule has 2 amide bonds. The molecule has 0 fully saturated rings. The summed E-state index contributed by atoms with van der Waals surface area (Å²) in [4.78, 5) is 24.7. The number of carbonyl (C=O) groups excluding carboxylic acids is 2. The molecule has 0 aliphatic heterocycles. The number of amides is 2. The Balaban J connectivity index is 1.21. The van der Waals surface area contributed by atoms with E-state index in [2.05, 4.69) is 16.2 Å². The van der Waals surface area contributed by atoms with E-state index in [4.69, 9.17) is 21.7 Å². The lowest BCUT2D eigenvalue weighted by molar-refractivity contribution is -0.123. The van der Waals surface area contributed by atoms with E-state index in [-0.39, 0.29) is 11.7 Å². The third kappa shape index (κ3) is 7.04. The van der Waals surface area contributed by atoms with Crippen LogP contribution in [0.5, 0.6) is 11.5 Å². The van der Waals surface area contributed by atoms with Crippen LogP contribution in [-0.4, -0.2) is 30.1 Å². The van der Waals surface area contributed by atoms with Crippen LogP contribution in [0.2, 0.25) is 0 Å². The quantitative estimate of drug-likeness (QED) is 0.249. The van der Waals surface area contributed by atoms with Gasteiger partial charge in [0.15, 0.2) is 11.7 Å². The summed E-state index contributed by atoms with van der Waals surface area (Å²) in [5, 5.41) is 4.41. The summed E-state index contributed by atoms with van der Waals surface area (Å²) in [6.07, 6.45) is 0.759. The molecule has 0 saturated carbocycles. The third-order valence-corrected chi connectivity index (χ3v) is 5.45. The van der Waals surface area contributed by atoms with Gasteiger partial charge in [0.05, 0.1) is 6.61 Å². The summed E-state index contributed by atoms with van der Waals surface area (Å²) in [6.45, 7) is 0.266. The first kappa shape index (κ1) is 24.7. The van der Waals surface area contributed by atoms with Crippen LogP contribution in [0.1, 0.15) is 15.9 Å². The maximum Gasteiger partial charge on any atom is 0.276 e. The zero-order chi connectivity index (χ0) is 25.2. The minimum absolute atomic E-state index is 0.0473. The topological polar surface area (TPSA) is 88.7 Å². The smallest absolute Gasteiger partial charge is 0.276 e. The SMILES string of the molecule is O=C(COc1cccc2ccccc12)NNC(=S)NC(=O)c1cccc(OCCc2ccccc2)c1. The Labute approximate surface area is 214 Å². The van der Waals surface area contributed by atoms with Gasteiger partial charge in [-0.2, -0.15) is 0 Å². The van der Waals surface area contributed by atoms with Gasteiger partial charge in [0.2, 0.25) is 0 Å². The molecule has 0 bridgehead atoms. The predicted octanol–water partition coefficient (Wildman–Crippen LogP) is 4.18.